The van der Waals surface area contributed by atoms with Crippen LogP contribution in [0.25, 0.3) is 0 Å². The van der Waals surface area contributed by atoms with Gasteiger partial charge in [0.2, 0.25) is 0 Å². The molecule has 0 spiro atoms. The lowest BCUT2D eigenvalue weighted by atomic mass is 10.2. The van der Waals surface area contributed by atoms with E-state index in [0.29, 0.717) is 19.0 Å². The fourth-order valence-corrected chi connectivity index (χ4v) is 0.543. The summed E-state index contributed by atoms with van der Waals surface area (Å²) in [6.07, 6.45) is 0. The van der Waals surface area contributed by atoms with E-state index in [2.05, 4.69) is 12.6 Å². The molecule has 44 valence electrons. The lowest BCUT2D eigenvalue weighted by Crippen LogP contribution is -2.24. The summed E-state index contributed by atoms with van der Waals surface area (Å²) in [5, 5.41) is 0. The number of hydrogen-bond acceptors (Lipinski definition) is 3. The Morgan fingerprint density at radius 2 is 1.71 bits per heavy atom. The molecule has 0 aliphatic heterocycles. The number of nitrogens with two attached hydrogens (primary N) is 2. The van der Waals surface area contributed by atoms with E-state index < -0.39 is 0 Å². The minimum Gasteiger partial charge on any atom is -0.330 e. The molecule has 2 nitrogen and oxygen atoms in total. The van der Waals surface area contributed by atoms with Crippen LogP contribution in [-0.2, 0) is 0 Å². The Morgan fingerprint density at radius 1 is 1.29 bits per heavy atom. The van der Waals surface area contributed by atoms with Crippen LogP contribution >= 0.6 is 12.6 Å². The minimum absolute atomic E-state index is 0.406. The molecular weight excluding hydrogens is 108 g/mol. The Labute approximate surface area is 49.7 Å². The molecule has 0 saturated carbocycles. The Kier molecular flexibility index (Phi) is 4.60. The fraction of sp³-hybridized carbons (Fsp3) is 1.00. The molecule has 0 atom stereocenters. The van der Waals surface area contributed by atoms with Crippen LogP contribution in [0.3, 0.4) is 0 Å². The van der Waals surface area contributed by atoms with Crippen molar-refractivity contribution in [2.24, 2.45) is 17.4 Å². The lowest BCUT2D eigenvalue weighted by molar-refractivity contribution is 0.620. The standard InChI is InChI=1S/C4H12N2S/c5-1-4(2-6)3-7/h4,7H,1-3,5-6H2. The van der Waals surface area contributed by atoms with E-state index in [0.717, 1.165) is 5.75 Å². The Balaban J connectivity index is 2.99. The maximum atomic E-state index is 5.26. The third kappa shape index (κ3) is 2.91. The van der Waals surface area contributed by atoms with Gasteiger partial charge in [0, 0.05) is 0 Å². The van der Waals surface area contributed by atoms with E-state index in [4.69, 9.17) is 11.5 Å². The molecule has 3 heteroatoms. The zero-order valence-corrected chi connectivity index (χ0v) is 5.20. The van der Waals surface area contributed by atoms with Crippen LogP contribution in [0.5, 0.6) is 0 Å². The van der Waals surface area contributed by atoms with Gasteiger partial charge < -0.3 is 11.5 Å². The van der Waals surface area contributed by atoms with E-state index in [1.807, 2.05) is 0 Å². The number of hydrogen-bond donors (Lipinski definition) is 3. The molecule has 4 N–H and O–H groups in total. The van der Waals surface area contributed by atoms with Crippen LogP contribution in [0, 0.1) is 5.92 Å². The highest BCUT2D eigenvalue weighted by Gasteiger charge is 1.97. The van der Waals surface area contributed by atoms with Crippen molar-refractivity contribution in [2.75, 3.05) is 18.8 Å². The van der Waals surface area contributed by atoms with Gasteiger partial charge in [-0.05, 0) is 24.8 Å². The van der Waals surface area contributed by atoms with Gasteiger partial charge in [-0.1, -0.05) is 0 Å². The second-order valence-electron chi connectivity index (χ2n) is 1.52. The molecular formula is C4H12N2S. The zero-order chi connectivity index (χ0) is 5.70. The topological polar surface area (TPSA) is 52.0 Å². The van der Waals surface area contributed by atoms with Gasteiger partial charge in [-0.15, -0.1) is 0 Å². The molecule has 0 aromatic carbocycles. The highest BCUT2D eigenvalue weighted by Crippen LogP contribution is 1.90. The molecule has 0 bridgehead atoms. The maximum Gasteiger partial charge on any atom is -0.00290 e. The Bertz CT molecular complexity index is 31.2. The Morgan fingerprint density at radius 3 is 1.71 bits per heavy atom. The molecule has 0 aromatic heterocycles. The predicted molar refractivity (Wildman–Crippen MR) is 35.5 cm³/mol. The average molecular weight is 120 g/mol. The van der Waals surface area contributed by atoms with Crippen molar-refractivity contribution < 1.29 is 0 Å². The van der Waals surface area contributed by atoms with Crippen LogP contribution in [-0.4, -0.2) is 18.8 Å². The van der Waals surface area contributed by atoms with Crippen molar-refractivity contribution in [3.63, 3.8) is 0 Å². The molecule has 0 aliphatic rings. The third-order valence-electron chi connectivity index (χ3n) is 0.925. The van der Waals surface area contributed by atoms with Crippen molar-refractivity contribution >= 4 is 12.6 Å². The van der Waals surface area contributed by atoms with Crippen molar-refractivity contribution in [1.82, 2.24) is 0 Å². The molecule has 0 amide bonds. The van der Waals surface area contributed by atoms with Gasteiger partial charge in [-0.2, -0.15) is 12.6 Å². The molecule has 0 aliphatic carbocycles. The van der Waals surface area contributed by atoms with Gasteiger partial charge in [0.15, 0.2) is 0 Å². The second kappa shape index (κ2) is 4.43. The van der Waals surface area contributed by atoms with E-state index >= 15 is 0 Å². The van der Waals surface area contributed by atoms with E-state index in [9.17, 15) is 0 Å². The van der Waals surface area contributed by atoms with Gasteiger partial charge in [0.1, 0.15) is 0 Å². The van der Waals surface area contributed by atoms with Crippen molar-refractivity contribution in [1.29, 1.82) is 0 Å². The van der Waals surface area contributed by atoms with Crippen LogP contribution in [0.1, 0.15) is 0 Å². The molecule has 0 saturated heterocycles. The van der Waals surface area contributed by atoms with Crippen molar-refractivity contribution in [2.45, 2.75) is 0 Å². The molecule has 0 fully saturated rings. The first-order valence-corrected chi connectivity index (χ1v) is 2.99. The zero-order valence-electron chi connectivity index (χ0n) is 4.30. The second-order valence-corrected chi connectivity index (χ2v) is 1.89. The van der Waals surface area contributed by atoms with Gasteiger partial charge >= 0.3 is 0 Å². The molecule has 0 aromatic rings. The van der Waals surface area contributed by atoms with Gasteiger partial charge in [-0.25, -0.2) is 0 Å². The van der Waals surface area contributed by atoms with Crippen LogP contribution in [0.2, 0.25) is 0 Å². The first-order valence-electron chi connectivity index (χ1n) is 2.36. The van der Waals surface area contributed by atoms with Crippen molar-refractivity contribution in [3.8, 4) is 0 Å². The minimum atomic E-state index is 0.406. The monoisotopic (exact) mass is 120 g/mol. The van der Waals surface area contributed by atoms with Crippen LogP contribution in [0.4, 0.5) is 0 Å². The average Bonchev–Trinajstić information content (AvgIpc) is 1.72. The lowest BCUT2D eigenvalue weighted by Gasteiger charge is -2.04. The summed E-state index contributed by atoms with van der Waals surface area (Å²) in [5.74, 6) is 1.20. The first-order chi connectivity index (χ1) is 3.35. The first kappa shape index (κ1) is 7.27. The SMILES string of the molecule is NCC(CN)CS. The largest absolute Gasteiger partial charge is 0.330 e. The van der Waals surface area contributed by atoms with E-state index in [-0.39, 0.29) is 0 Å². The van der Waals surface area contributed by atoms with E-state index in [1.54, 1.807) is 0 Å². The summed E-state index contributed by atoms with van der Waals surface area (Å²) in [6.45, 7) is 1.31. The predicted octanol–water partition coefficient (Wildman–Crippen LogP) is -0.550. The summed E-state index contributed by atoms with van der Waals surface area (Å²) < 4.78 is 0. The quantitative estimate of drug-likeness (QED) is 0.438. The van der Waals surface area contributed by atoms with Gasteiger partial charge in [-0.3, -0.25) is 0 Å². The van der Waals surface area contributed by atoms with Crippen LogP contribution in [0.15, 0.2) is 0 Å². The van der Waals surface area contributed by atoms with Crippen molar-refractivity contribution in [3.05, 3.63) is 0 Å². The van der Waals surface area contributed by atoms with Crippen LogP contribution < -0.4 is 11.5 Å². The fourth-order valence-electron chi connectivity index (χ4n) is 0.245. The molecule has 0 heterocycles. The third-order valence-corrected chi connectivity index (χ3v) is 1.44. The summed E-state index contributed by atoms with van der Waals surface area (Å²) in [7, 11) is 0. The molecule has 0 radical (unpaired) electrons. The molecule has 7 heavy (non-hydrogen) atoms. The number of rotatable bonds is 3. The summed E-state index contributed by atoms with van der Waals surface area (Å²) >= 11 is 4.02. The summed E-state index contributed by atoms with van der Waals surface area (Å²) in [5.41, 5.74) is 10.5. The van der Waals surface area contributed by atoms with E-state index in [1.165, 1.54) is 0 Å². The number of thiol groups is 1. The summed E-state index contributed by atoms with van der Waals surface area (Å²) in [6, 6.07) is 0. The Hall–Kier alpha value is 0.270. The molecule has 0 rings (SSSR count). The summed E-state index contributed by atoms with van der Waals surface area (Å²) in [4.78, 5) is 0. The molecule has 0 unspecified atom stereocenters. The normalized spacial score (nSPS) is 10.3. The van der Waals surface area contributed by atoms with Gasteiger partial charge in [0.25, 0.3) is 0 Å². The highest BCUT2D eigenvalue weighted by molar-refractivity contribution is 7.80. The highest BCUT2D eigenvalue weighted by atomic mass is 32.1. The smallest absolute Gasteiger partial charge is 0.00290 e. The maximum absolute atomic E-state index is 5.26. The van der Waals surface area contributed by atoms with Gasteiger partial charge in [0.05, 0.1) is 0 Å².